The lowest BCUT2D eigenvalue weighted by atomic mass is 9.92. The van der Waals surface area contributed by atoms with Gasteiger partial charge in [-0.1, -0.05) is 6.07 Å². The summed E-state index contributed by atoms with van der Waals surface area (Å²) in [5, 5.41) is 0. The number of aromatic amines is 1. The number of hydrogen-bond donors (Lipinski definition) is 1. The molecule has 2 aromatic rings. The molecule has 1 atom stereocenters. The van der Waals surface area contributed by atoms with E-state index in [0.29, 0.717) is 19.6 Å². The van der Waals surface area contributed by atoms with Crippen LogP contribution in [0.2, 0.25) is 0 Å². The fourth-order valence-corrected chi connectivity index (χ4v) is 4.26. The second kappa shape index (κ2) is 8.04. The third kappa shape index (κ3) is 3.74. The van der Waals surface area contributed by atoms with Gasteiger partial charge in [-0.05, 0) is 31.0 Å². The molecule has 2 saturated heterocycles. The predicted molar refractivity (Wildman–Crippen MR) is 107 cm³/mol. The molecule has 0 spiro atoms. The first kappa shape index (κ1) is 18.5. The van der Waals surface area contributed by atoms with Gasteiger partial charge >= 0.3 is 0 Å². The molecule has 7 nitrogen and oxygen atoms in total. The molecular weight excluding hydrogens is 354 g/mol. The van der Waals surface area contributed by atoms with E-state index in [1.54, 1.807) is 13.1 Å². The highest BCUT2D eigenvalue weighted by molar-refractivity contribution is 5.95. The Morgan fingerprint density at radius 1 is 1.07 bits per heavy atom. The number of aromatic nitrogens is 2. The van der Waals surface area contributed by atoms with E-state index in [9.17, 15) is 9.59 Å². The van der Waals surface area contributed by atoms with Crippen molar-refractivity contribution in [2.45, 2.75) is 25.7 Å². The van der Waals surface area contributed by atoms with E-state index >= 15 is 0 Å². The first-order valence-corrected chi connectivity index (χ1v) is 10.0. The second-order valence-electron chi connectivity index (χ2n) is 7.58. The van der Waals surface area contributed by atoms with Crippen molar-refractivity contribution in [3.8, 4) is 0 Å². The number of nitrogens with zero attached hydrogens (tertiary/aromatic N) is 4. The Morgan fingerprint density at radius 2 is 1.89 bits per heavy atom. The van der Waals surface area contributed by atoms with Crippen molar-refractivity contribution < 1.29 is 9.59 Å². The minimum atomic E-state index is 0.0804. The number of hydrogen-bond acceptors (Lipinski definition) is 4. The van der Waals surface area contributed by atoms with Crippen molar-refractivity contribution in [3.05, 3.63) is 47.9 Å². The maximum absolute atomic E-state index is 13.2. The van der Waals surface area contributed by atoms with Crippen LogP contribution in [0.1, 0.15) is 41.7 Å². The van der Waals surface area contributed by atoms with Crippen molar-refractivity contribution in [3.63, 3.8) is 0 Å². The van der Waals surface area contributed by atoms with Gasteiger partial charge in [0.15, 0.2) is 0 Å². The van der Waals surface area contributed by atoms with Crippen molar-refractivity contribution >= 4 is 17.6 Å². The molecule has 4 heterocycles. The Morgan fingerprint density at radius 3 is 2.61 bits per heavy atom. The summed E-state index contributed by atoms with van der Waals surface area (Å²) in [7, 11) is 0. The number of nitrogens with one attached hydrogen (secondary N) is 1. The molecule has 2 aromatic heterocycles. The Hall–Kier alpha value is -2.83. The first-order chi connectivity index (χ1) is 13.6. The molecule has 0 saturated carbocycles. The van der Waals surface area contributed by atoms with Crippen LogP contribution in [-0.2, 0) is 4.79 Å². The molecule has 0 aromatic carbocycles. The highest BCUT2D eigenvalue weighted by atomic mass is 16.2. The Balaban J connectivity index is 1.42. The van der Waals surface area contributed by atoms with Gasteiger partial charge in [-0.2, -0.15) is 0 Å². The summed E-state index contributed by atoms with van der Waals surface area (Å²) in [4.78, 5) is 38.6. The fraction of sp³-hybridized carbons (Fsp3) is 0.476. The van der Waals surface area contributed by atoms with E-state index in [0.717, 1.165) is 49.6 Å². The molecule has 7 heteroatoms. The van der Waals surface area contributed by atoms with Gasteiger partial charge in [0.05, 0.1) is 5.56 Å². The van der Waals surface area contributed by atoms with Gasteiger partial charge in [-0.25, -0.2) is 4.98 Å². The maximum atomic E-state index is 13.2. The molecule has 2 aliphatic rings. The van der Waals surface area contributed by atoms with Crippen LogP contribution >= 0.6 is 0 Å². The number of carbonyl (C=O) groups is 2. The van der Waals surface area contributed by atoms with Gasteiger partial charge in [0.1, 0.15) is 5.82 Å². The van der Waals surface area contributed by atoms with Gasteiger partial charge in [-0.15, -0.1) is 0 Å². The number of H-pyrrole nitrogens is 1. The van der Waals surface area contributed by atoms with Crippen molar-refractivity contribution in [2.24, 2.45) is 0 Å². The zero-order valence-corrected chi connectivity index (χ0v) is 16.3. The van der Waals surface area contributed by atoms with Crippen LogP contribution in [-0.4, -0.2) is 70.9 Å². The van der Waals surface area contributed by atoms with Gasteiger partial charge in [0, 0.05) is 70.2 Å². The number of rotatable bonds is 3. The Bertz CT molecular complexity index is 826. The van der Waals surface area contributed by atoms with E-state index in [2.05, 4.69) is 14.9 Å². The smallest absolute Gasteiger partial charge is 0.255 e. The monoisotopic (exact) mass is 381 g/mol. The SMILES string of the molecule is CC(=O)N1CCCC(c2[nH]ccc2C(=O)N2CCN(c3ccccn3)CC2)C1. The topological polar surface area (TPSA) is 72.5 Å². The summed E-state index contributed by atoms with van der Waals surface area (Å²) in [5.74, 6) is 1.34. The standard InChI is InChI=1S/C21H27N5O2/c1-16(27)26-10-4-5-17(15-26)20-18(7-9-23-20)21(28)25-13-11-24(12-14-25)19-6-2-3-8-22-19/h2-3,6-9,17,23H,4-5,10-15H2,1H3. The van der Waals surface area contributed by atoms with Crippen LogP contribution in [0.15, 0.2) is 36.7 Å². The zero-order valence-electron chi connectivity index (χ0n) is 16.3. The molecule has 2 amide bonds. The third-order valence-corrected chi connectivity index (χ3v) is 5.82. The molecule has 0 radical (unpaired) electrons. The van der Waals surface area contributed by atoms with E-state index in [1.165, 1.54) is 0 Å². The van der Waals surface area contributed by atoms with E-state index in [-0.39, 0.29) is 17.7 Å². The second-order valence-corrected chi connectivity index (χ2v) is 7.58. The molecule has 148 valence electrons. The maximum Gasteiger partial charge on any atom is 0.255 e. The Kier molecular flexibility index (Phi) is 5.32. The van der Waals surface area contributed by atoms with E-state index < -0.39 is 0 Å². The Labute approximate surface area is 165 Å². The van der Waals surface area contributed by atoms with Crippen LogP contribution < -0.4 is 4.90 Å². The summed E-state index contributed by atoms with van der Waals surface area (Å²) in [5.41, 5.74) is 1.73. The quantitative estimate of drug-likeness (QED) is 0.884. The molecule has 1 N–H and O–H groups in total. The number of piperazine rings is 1. The molecule has 0 aliphatic carbocycles. The normalized spacial score (nSPS) is 20.3. The van der Waals surface area contributed by atoms with Crippen LogP contribution in [0, 0.1) is 0 Å². The third-order valence-electron chi connectivity index (χ3n) is 5.82. The summed E-state index contributed by atoms with van der Waals surface area (Å²) in [6.07, 6.45) is 5.62. The number of likely N-dealkylation sites (tertiary alicyclic amines) is 1. The van der Waals surface area contributed by atoms with Crippen LogP contribution in [0.4, 0.5) is 5.82 Å². The molecule has 28 heavy (non-hydrogen) atoms. The van der Waals surface area contributed by atoms with Crippen molar-refractivity contribution in [2.75, 3.05) is 44.2 Å². The number of carbonyl (C=O) groups excluding carboxylic acids is 2. The number of piperidine rings is 1. The summed E-state index contributed by atoms with van der Waals surface area (Å²) in [6.45, 7) is 6.04. The molecule has 2 aliphatic heterocycles. The average Bonchev–Trinajstić information content (AvgIpc) is 3.24. The van der Waals surface area contributed by atoms with Crippen LogP contribution in [0.5, 0.6) is 0 Å². The van der Waals surface area contributed by atoms with Crippen LogP contribution in [0.3, 0.4) is 0 Å². The van der Waals surface area contributed by atoms with Crippen molar-refractivity contribution in [1.29, 1.82) is 0 Å². The highest BCUT2D eigenvalue weighted by Gasteiger charge is 2.30. The van der Waals surface area contributed by atoms with E-state index in [4.69, 9.17) is 0 Å². The number of anilines is 1. The lowest BCUT2D eigenvalue weighted by Crippen LogP contribution is -2.49. The minimum Gasteiger partial charge on any atom is -0.364 e. The zero-order chi connectivity index (χ0) is 19.5. The highest BCUT2D eigenvalue weighted by Crippen LogP contribution is 2.29. The predicted octanol–water partition coefficient (Wildman–Crippen LogP) is 2.10. The fourth-order valence-electron chi connectivity index (χ4n) is 4.26. The first-order valence-electron chi connectivity index (χ1n) is 10.0. The lowest BCUT2D eigenvalue weighted by Gasteiger charge is -2.36. The number of amides is 2. The lowest BCUT2D eigenvalue weighted by molar-refractivity contribution is -0.130. The molecule has 0 bridgehead atoms. The number of pyridine rings is 1. The van der Waals surface area contributed by atoms with Gasteiger partial charge in [0.2, 0.25) is 5.91 Å². The summed E-state index contributed by atoms with van der Waals surface area (Å²) in [6, 6.07) is 7.79. The van der Waals surface area contributed by atoms with Crippen molar-refractivity contribution in [1.82, 2.24) is 19.8 Å². The average molecular weight is 381 g/mol. The molecule has 4 rings (SSSR count). The molecule has 2 fully saturated rings. The minimum absolute atomic E-state index is 0.0804. The van der Waals surface area contributed by atoms with E-state index in [1.807, 2.05) is 40.3 Å². The van der Waals surface area contributed by atoms with Gasteiger partial charge in [-0.3, -0.25) is 9.59 Å². The summed E-state index contributed by atoms with van der Waals surface area (Å²) < 4.78 is 0. The van der Waals surface area contributed by atoms with Crippen LogP contribution in [0.25, 0.3) is 0 Å². The van der Waals surface area contributed by atoms with Gasteiger partial charge in [0.25, 0.3) is 5.91 Å². The largest absolute Gasteiger partial charge is 0.364 e. The molecular formula is C21H27N5O2. The molecule has 1 unspecified atom stereocenters. The summed E-state index contributed by atoms with van der Waals surface area (Å²) >= 11 is 0. The van der Waals surface area contributed by atoms with Gasteiger partial charge < -0.3 is 19.7 Å².